The van der Waals surface area contributed by atoms with Crippen LogP contribution in [-0.2, 0) is 22.9 Å². The van der Waals surface area contributed by atoms with Crippen molar-refractivity contribution in [2.45, 2.75) is 51.1 Å². The summed E-state index contributed by atoms with van der Waals surface area (Å²) in [4.78, 5) is 15.0. The van der Waals surface area contributed by atoms with Crippen LogP contribution in [0.3, 0.4) is 0 Å². The number of piperidine rings is 1. The Balaban J connectivity index is 1.75. The van der Waals surface area contributed by atoms with Gasteiger partial charge in [0.15, 0.2) is 9.84 Å². The minimum Gasteiger partial charge on any atom is -0.348 e. The molecule has 1 amide bonds. The standard InChI is InChI=1S/C23H28ClFN2O3S/c1-3-31(29,30)22-8-7-19(24)12-18(22)14-26-23(28)17-11-16(2)20(21(25)13-17)15-27-9-5-4-6-10-27/h7-8,11-13H,3-6,9-10,14-15H2,1-2H3,(H,26,28). The van der Waals surface area contributed by atoms with E-state index in [0.717, 1.165) is 31.5 Å². The van der Waals surface area contributed by atoms with Gasteiger partial charge in [0.1, 0.15) is 5.82 Å². The number of sulfone groups is 1. The number of rotatable bonds is 7. The van der Waals surface area contributed by atoms with Crippen LogP contribution >= 0.6 is 11.6 Å². The summed E-state index contributed by atoms with van der Waals surface area (Å²) in [7, 11) is -3.47. The molecular weight excluding hydrogens is 439 g/mol. The van der Waals surface area contributed by atoms with Crippen LogP contribution in [0.15, 0.2) is 35.2 Å². The van der Waals surface area contributed by atoms with E-state index in [0.29, 0.717) is 22.7 Å². The van der Waals surface area contributed by atoms with Gasteiger partial charge in [-0.3, -0.25) is 9.69 Å². The number of likely N-dealkylation sites (tertiary alicyclic amines) is 1. The Labute approximate surface area is 188 Å². The molecule has 1 heterocycles. The van der Waals surface area contributed by atoms with Gasteiger partial charge in [0.25, 0.3) is 5.91 Å². The molecule has 8 heteroatoms. The van der Waals surface area contributed by atoms with Crippen molar-refractivity contribution in [3.63, 3.8) is 0 Å². The van der Waals surface area contributed by atoms with Gasteiger partial charge >= 0.3 is 0 Å². The fraction of sp³-hybridized carbons (Fsp3) is 0.435. The van der Waals surface area contributed by atoms with Crippen molar-refractivity contribution in [3.05, 3.63) is 63.4 Å². The van der Waals surface area contributed by atoms with Crippen molar-refractivity contribution < 1.29 is 17.6 Å². The molecule has 0 aromatic heterocycles. The molecule has 0 bridgehead atoms. The second-order valence-electron chi connectivity index (χ2n) is 7.93. The Hall–Kier alpha value is -1.96. The van der Waals surface area contributed by atoms with Gasteiger partial charge in [0.05, 0.1) is 10.6 Å². The Morgan fingerprint density at radius 3 is 2.52 bits per heavy atom. The van der Waals surface area contributed by atoms with Crippen LogP contribution in [0.5, 0.6) is 0 Å². The molecule has 0 spiro atoms. The topological polar surface area (TPSA) is 66.5 Å². The number of benzene rings is 2. The number of halogens is 2. The molecule has 0 saturated carbocycles. The summed E-state index contributed by atoms with van der Waals surface area (Å²) in [5.74, 6) is -0.919. The van der Waals surface area contributed by atoms with Gasteiger partial charge < -0.3 is 5.32 Å². The zero-order valence-electron chi connectivity index (χ0n) is 17.9. The Bertz CT molecular complexity index is 1040. The summed E-state index contributed by atoms with van der Waals surface area (Å²) in [6.45, 7) is 5.81. The maximum Gasteiger partial charge on any atom is 0.251 e. The van der Waals surface area contributed by atoms with Crippen molar-refractivity contribution in [2.75, 3.05) is 18.8 Å². The van der Waals surface area contributed by atoms with E-state index in [4.69, 9.17) is 11.6 Å². The van der Waals surface area contributed by atoms with Gasteiger partial charge in [-0.1, -0.05) is 24.9 Å². The molecule has 1 fully saturated rings. The molecule has 1 aliphatic rings. The summed E-state index contributed by atoms with van der Waals surface area (Å²) in [6.07, 6.45) is 3.46. The first-order valence-corrected chi connectivity index (χ1v) is 12.5. The van der Waals surface area contributed by atoms with Gasteiger partial charge in [-0.2, -0.15) is 0 Å². The van der Waals surface area contributed by atoms with Crippen molar-refractivity contribution in [2.24, 2.45) is 0 Å². The predicted octanol–water partition coefficient (Wildman–Crippen LogP) is 4.50. The van der Waals surface area contributed by atoms with Gasteiger partial charge in [0, 0.05) is 29.2 Å². The quantitative estimate of drug-likeness (QED) is 0.652. The fourth-order valence-electron chi connectivity index (χ4n) is 3.87. The zero-order chi connectivity index (χ0) is 22.6. The average Bonchev–Trinajstić information content (AvgIpc) is 2.75. The summed E-state index contributed by atoms with van der Waals surface area (Å²) in [5, 5.41) is 3.07. The molecule has 0 unspecified atom stereocenters. The maximum atomic E-state index is 14.8. The van der Waals surface area contributed by atoms with Crippen molar-refractivity contribution in [3.8, 4) is 0 Å². The molecule has 1 N–H and O–H groups in total. The summed E-state index contributed by atoms with van der Waals surface area (Å²) in [6, 6.07) is 7.41. The van der Waals surface area contributed by atoms with E-state index in [-0.39, 0.29) is 22.8 Å². The number of amides is 1. The normalized spacial score (nSPS) is 15.1. The van der Waals surface area contributed by atoms with Crippen LogP contribution in [0.2, 0.25) is 5.02 Å². The SMILES string of the molecule is CCS(=O)(=O)c1ccc(Cl)cc1CNC(=O)c1cc(C)c(CN2CCCCC2)c(F)c1. The van der Waals surface area contributed by atoms with Crippen molar-refractivity contribution in [1.82, 2.24) is 10.2 Å². The largest absolute Gasteiger partial charge is 0.348 e. The highest BCUT2D eigenvalue weighted by molar-refractivity contribution is 7.91. The number of nitrogens with zero attached hydrogens (tertiary/aromatic N) is 1. The third-order valence-corrected chi connectivity index (χ3v) is 7.75. The number of carbonyl (C=O) groups excluding carboxylic acids is 1. The van der Waals surface area contributed by atoms with E-state index in [9.17, 15) is 17.6 Å². The van der Waals surface area contributed by atoms with E-state index in [1.807, 2.05) is 6.92 Å². The molecule has 0 aliphatic carbocycles. The molecule has 31 heavy (non-hydrogen) atoms. The number of carbonyl (C=O) groups is 1. The third kappa shape index (κ3) is 5.84. The van der Waals surface area contributed by atoms with E-state index >= 15 is 0 Å². The van der Waals surface area contributed by atoms with Crippen molar-refractivity contribution >= 4 is 27.3 Å². The Morgan fingerprint density at radius 2 is 1.87 bits per heavy atom. The van der Waals surface area contributed by atoms with E-state index in [2.05, 4.69) is 10.2 Å². The van der Waals surface area contributed by atoms with Crippen LogP contribution < -0.4 is 5.32 Å². The number of nitrogens with one attached hydrogen (secondary N) is 1. The monoisotopic (exact) mass is 466 g/mol. The minimum atomic E-state index is -3.47. The molecule has 3 rings (SSSR count). The first kappa shape index (κ1) is 23.7. The molecular formula is C23H28ClFN2O3S. The Kier molecular flexibility index (Phi) is 7.73. The third-order valence-electron chi connectivity index (χ3n) is 5.69. The highest BCUT2D eigenvalue weighted by Crippen LogP contribution is 2.23. The number of hydrogen-bond acceptors (Lipinski definition) is 4. The first-order valence-electron chi connectivity index (χ1n) is 10.5. The fourth-order valence-corrected chi connectivity index (χ4v) is 5.18. The second kappa shape index (κ2) is 10.1. The van der Waals surface area contributed by atoms with Crippen LogP contribution in [0, 0.1) is 12.7 Å². The van der Waals surface area contributed by atoms with Crippen LogP contribution in [0.1, 0.15) is 53.2 Å². The van der Waals surface area contributed by atoms with Gasteiger partial charge in [-0.15, -0.1) is 0 Å². The lowest BCUT2D eigenvalue weighted by molar-refractivity contribution is 0.0950. The van der Waals surface area contributed by atoms with Gasteiger partial charge in [-0.05, 0) is 74.3 Å². The first-order chi connectivity index (χ1) is 14.7. The average molecular weight is 467 g/mol. The van der Waals surface area contributed by atoms with Crippen LogP contribution in [-0.4, -0.2) is 38.1 Å². The summed E-state index contributed by atoms with van der Waals surface area (Å²) < 4.78 is 39.5. The summed E-state index contributed by atoms with van der Waals surface area (Å²) >= 11 is 6.02. The molecule has 168 valence electrons. The van der Waals surface area contributed by atoms with Gasteiger partial charge in [-0.25, -0.2) is 12.8 Å². The molecule has 0 radical (unpaired) electrons. The molecule has 2 aromatic rings. The Morgan fingerprint density at radius 1 is 1.16 bits per heavy atom. The van der Waals surface area contributed by atoms with Crippen molar-refractivity contribution in [1.29, 1.82) is 0 Å². The highest BCUT2D eigenvalue weighted by Gasteiger charge is 2.19. The minimum absolute atomic E-state index is 0.0237. The molecule has 1 aliphatic heterocycles. The molecule has 2 aromatic carbocycles. The van der Waals surface area contributed by atoms with E-state index in [1.165, 1.54) is 30.7 Å². The zero-order valence-corrected chi connectivity index (χ0v) is 19.5. The lowest BCUT2D eigenvalue weighted by atomic mass is 10.0. The lowest BCUT2D eigenvalue weighted by Crippen LogP contribution is -2.30. The molecule has 5 nitrogen and oxygen atoms in total. The maximum absolute atomic E-state index is 14.8. The van der Waals surface area contributed by atoms with Gasteiger partial charge in [0.2, 0.25) is 0 Å². The summed E-state index contributed by atoms with van der Waals surface area (Å²) in [5.41, 5.74) is 1.96. The van der Waals surface area contributed by atoms with E-state index < -0.39 is 21.6 Å². The number of hydrogen-bond donors (Lipinski definition) is 1. The second-order valence-corrected chi connectivity index (χ2v) is 10.6. The molecule has 0 atom stereocenters. The van der Waals surface area contributed by atoms with Crippen LogP contribution in [0.25, 0.3) is 0 Å². The number of aryl methyl sites for hydroxylation is 1. The lowest BCUT2D eigenvalue weighted by Gasteiger charge is -2.27. The van der Waals surface area contributed by atoms with E-state index in [1.54, 1.807) is 13.0 Å². The van der Waals surface area contributed by atoms with Crippen LogP contribution in [0.4, 0.5) is 4.39 Å². The highest BCUT2D eigenvalue weighted by atomic mass is 35.5. The molecule has 1 saturated heterocycles. The smallest absolute Gasteiger partial charge is 0.251 e. The predicted molar refractivity (Wildman–Crippen MR) is 121 cm³/mol.